The molecule has 1 saturated carbocycles. The predicted molar refractivity (Wildman–Crippen MR) is 105 cm³/mol. The molecule has 25 heavy (non-hydrogen) atoms. The Hall–Kier alpha value is -1.63. The molecule has 1 aliphatic rings. The average molecular weight is 343 g/mol. The molecule has 0 spiro atoms. The smallest absolute Gasteiger partial charge is 0.131 e. The van der Waals surface area contributed by atoms with E-state index >= 15 is 4.39 Å². The second kappa shape index (κ2) is 8.65. The van der Waals surface area contributed by atoms with E-state index in [2.05, 4.69) is 6.92 Å². The molecule has 0 N–H and O–H groups in total. The minimum Gasteiger partial charge on any atom is -0.206 e. The van der Waals surface area contributed by atoms with Crippen LogP contribution in [0, 0.1) is 17.7 Å². The molecule has 0 nitrogen and oxygen atoms in total. The number of benzene rings is 2. The Kier molecular flexibility index (Phi) is 4.69. The average Bonchev–Trinajstić information content (AvgIpc) is 2.73. The molecule has 0 unspecified atom stereocenters. The molecule has 1 aliphatic carbocycles. The summed E-state index contributed by atoms with van der Waals surface area (Å²) in [5.41, 5.74) is 1.51. The lowest BCUT2D eigenvalue weighted by Crippen LogP contribution is -2.14. The van der Waals surface area contributed by atoms with Crippen molar-refractivity contribution < 1.29 is 9.87 Å². The minimum atomic E-state index is -0.770. The zero-order chi connectivity index (χ0) is 21.1. The van der Waals surface area contributed by atoms with Gasteiger partial charge in [-0.05, 0) is 53.8 Å². The van der Waals surface area contributed by atoms with Gasteiger partial charge in [0.15, 0.2) is 0 Å². The van der Waals surface area contributed by atoms with Crippen LogP contribution in [0.3, 0.4) is 0 Å². The molecule has 0 heterocycles. The summed E-state index contributed by atoms with van der Waals surface area (Å²) in [6.07, 6.45) is 8.13. The molecule has 0 aliphatic heterocycles. The third kappa shape index (κ3) is 4.71. The highest BCUT2D eigenvalue weighted by atomic mass is 19.1. The number of aryl methyl sites for hydroxylation is 1. The molecular weight excluding hydrogens is 307 g/mol. The summed E-state index contributed by atoms with van der Waals surface area (Å²) >= 11 is 0. The quantitative estimate of drug-likeness (QED) is 0.520. The maximum Gasteiger partial charge on any atom is 0.131 e. The largest absolute Gasteiger partial charge is 0.206 e. The summed E-state index contributed by atoms with van der Waals surface area (Å²) in [5.74, 6) is 0.614. The molecule has 1 fully saturated rings. The summed E-state index contributed by atoms with van der Waals surface area (Å²) < 4.78 is 48.5. The molecule has 0 saturated heterocycles. The molecule has 2 aromatic rings. The Bertz CT molecular complexity index is 841. The Morgan fingerprint density at radius 3 is 2.40 bits per heavy atom. The van der Waals surface area contributed by atoms with Crippen LogP contribution in [0.15, 0.2) is 42.4 Å². The van der Waals surface area contributed by atoms with Crippen LogP contribution in [0.25, 0.3) is 11.1 Å². The van der Waals surface area contributed by atoms with Crippen molar-refractivity contribution in [3.63, 3.8) is 0 Å². The first-order valence-corrected chi connectivity index (χ1v) is 9.75. The summed E-state index contributed by atoms with van der Waals surface area (Å²) in [4.78, 5) is 0. The van der Waals surface area contributed by atoms with Crippen molar-refractivity contribution >= 4 is 0 Å². The van der Waals surface area contributed by atoms with E-state index in [4.69, 9.17) is 5.48 Å². The van der Waals surface area contributed by atoms with Crippen LogP contribution in [0.1, 0.15) is 69.0 Å². The van der Waals surface area contributed by atoms with E-state index < -0.39 is 5.82 Å². The predicted octanol–water partition coefficient (Wildman–Crippen LogP) is 7.20. The van der Waals surface area contributed by atoms with Crippen LogP contribution in [0.5, 0.6) is 0 Å². The normalized spacial score (nSPS) is 22.8. The molecule has 1 heteroatoms. The van der Waals surface area contributed by atoms with Gasteiger partial charge in [-0.15, -0.1) is 0 Å². The first-order valence-electron chi connectivity index (χ1n) is 11.7. The Morgan fingerprint density at radius 2 is 1.72 bits per heavy atom. The van der Waals surface area contributed by atoms with Gasteiger partial charge in [-0.25, -0.2) is 4.39 Å². The second-order valence-corrected chi connectivity index (χ2v) is 7.34. The molecule has 0 bridgehead atoms. The van der Waals surface area contributed by atoms with Gasteiger partial charge >= 0.3 is 0 Å². The van der Waals surface area contributed by atoms with Crippen molar-refractivity contribution in [1.29, 1.82) is 0 Å². The molecule has 2 aromatic carbocycles. The highest BCUT2D eigenvalue weighted by molar-refractivity contribution is 5.64. The molecule has 3 rings (SSSR count). The molecule has 134 valence electrons. The van der Waals surface area contributed by atoms with Crippen molar-refractivity contribution in [1.82, 2.24) is 0 Å². The van der Waals surface area contributed by atoms with E-state index in [0.29, 0.717) is 17.9 Å². The molecule has 0 radical (unpaired) electrons. The Labute approximate surface area is 158 Å². The van der Waals surface area contributed by atoms with Crippen LogP contribution in [-0.2, 0) is 12.8 Å². The van der Waals surface area contributed by atoms with E-state index in [1.54, 1.807) is 12.1 Å². The third-order valence-corrected chi connectivity index (χ3v) is 5.72. The van der Waals surface area contributed by atoms with Gasteiger partial charge < -0.3 is 0 Å². The van der Waals surface area contributed by atoms with Gasteiger partial charge in [0.05, 0.1) is 5.48 Å². The van der Waals surface area contributed by atoms with Gasteiger partial charge in [-0.2, -0.15) is 0 Å². The van der Waals surface area contributed by atoms with E-state index in [9.17, 15) is 0 Å². The third-order valence-electron chi connectivity index (χ3n) is 5.72. The topological polar surface area (TPSA) is 0 Å². The lowest BCUT2D eigenvalue weighted by atomic mass is 9.78. The highest BCUT2D eigenvalue weighted by Crippen LogP contribution is 2.33. The van der Waals surface area contributed by atoms with Gasteiger partial charge in [0.2, 0.25) is 0 Å². The monoisotopic (exact) mass is 342 g/mol. The van der Waals surface area contributed by atoms with Crippen molar-refractivity contribution in [3.8, 4) is 11.1 Å². The van der Waals surface area contributed by atoms with Gasteiger partial charge in [0.1, 0.15) is 5.82 Å². The van der Waals surface area contributed by atoms with Crippen LogP contribution < -0.4 is 0 Å². The Morgan fingerprint density at radius 1 is 0.960 bits per heavy atom. The van der Waals surface area contributed by atoms with Crippen LogP contribution >= 0.6 is 0 Å². The van der Waals surface area contributed by atoms with Crippen molar-refractivity contribution in [2.24, 2.45) is 11.8 Å². The lowest BCUT2D eigenvalue weighted by Gasteiger charge is -2.27. The zero-order valence-electron chi connectivity index (χ0n) is 19.4. The summed E-state index contributed by atoms with van der Waals surface area (Å²) in [7, 11) is 0. The summed E-state index contributed by atoms with van der Waals surface area (Å²) in [6, 6.07) is 4.72. The van der Waals surface area contributed by atoms with Gasteiger partial charge in [-0.3, -0.25) is 0 Å². The van der Waals surface area contributed by atoms with E-state index in [1.165, 1.54) is 32.1 Å². The zero-order valence-corrected chi connectivity index (χ0v) is 15.4. The van der Waals surface area contributed by atoms with Crippen LogP contribution in [-0.4, -0.2) is 0 Å². The molecule has 0 amide bonds. The molecular formula is C24H31F. The minimum absolute atomic E-state index is 0.0624. The van der Waals surface area contributed by atoms with Crippen molar-refractivity contribution in [2.75, 3.05) is 0 Å². The fourth-order valence-electron chi connectivity index (χ4n) is 3.84. The fourth-order valence-corrected chi connectivity index (χ4v) is 3.84. The summed E-state index contributed by atoms with van der Waals surface area (Å²) in [5, 5.41) is 0. The number of halogens is 1. The number of hydrogen-bond donors (Lipinski definition) is 0. The van der Waals surface area contributed by atoms with Crippen molar-refractivity contribution in [2.45, 2.75) is 65.2 Å². The molecule has 0 atom stereocenters. The van der Waals surface area contributed by atoms with Gasteiger partial charge in [0, 0.05) is 5.56 Å². The summed E-state index contributed by atoms with van der Waals surface area (Å²) in [6.45, 7) is 4.22. The van der Waals surface area contributed by atoms with Crippen molar-refractivity contribution in [3.05, 3.63) is 59.3 Å². The molecule has 0 aromatic heterocycles. The second-order valence-electron chi connectivity index (χ2n) is 7.34. The first-order chi connectivity index (χ1) is 13.9. The SMILES string of the molecule is [2H]c1cc(CC)ccc1-c1c([2H])c([2H])c(CCC2CCC(CC)CC2)c([2H])c1F. The Balaban J connectivity index is 1.86. The van der Waals surface area contributed by atoms with Gasteiger partial charge in [0.25, 0.3) is 0 Å². The first kappa shape index (κ1) is 13.6. The fraction of sp³-hybridized carbons (Fsp3) is 0.500. The van der Waals surface area contributed by atoms with E-state index in [1.807, 2.05) is 13.0 Å². The van der Waals surface area contributed by atoms with E-state index in [0.717, 1.165) is 24.3 Å². The van der Waals surface area contributed by atoms with Crippen LogP contribution in [0.4, 0.5) is 4.39 Å². The van der Waals surface area contributed by atoms with Crippen LogP contribution in [0.2, 0.25) is 0 Å². The maximum atomic E-state index is 15.1. The maximum absolute atomic E-state index is 15.1. The highest BCUT2D eigenvalue weighted by Gasteiger charge is 2.19. The van der Waals surface area contributed by atoms with E-state index in [-0.39, 0.29) is 35.3 Å². The van der Waals surface area contributed by atoms with Gasteiger partial charge in [-0.1, -0.05) is 82.3 Å². The lowest BCUT2D eigenvalue weighted by molar-refractivity contribution is 0.259. The standard InChI is InChI=1S/C24H31F/c1-3-18-5-7-20(8-6-18)9-10-21-13-16-23(24(25)17-21)22-14-11-19(4-2)12-15-22/h11-18,20H,3-10H2,1-2H3/i13D,14D,16D,17D. The number of hydrogen-bond acceptors (Lipinski definition) is 0. The number of rotatable bonds is 6.